The average Bonchev–Trinajstić information content (AvgIpc) is 2.94. The second-order valence-electron chi connectivity index (χ2n) is 4.41. The van der Waals surface area contributed by atoms with Crippen molar-refractivity contribution in [1.29, 1.82) is 0 Å². The molecule has 106 valence electrons. The summed E-state index contributed by atoms with van der Waals surface area (Å²) in [5.74, 6) is 1.56. The summed E-state index contributed by atoms with van der Waals surface area (Å²) in [4.78, 5) is 0. The maximum absolute atomic E-state index is 5.12. The molecule has 2 heterocycles. The van der Waals surface area contributed by atoms with Gasteiger partial charge in [0.1, 0.15) is 5.76 Å². The van der Waals surface area contributed by atoms with E-state index in [2.05, 4.69) is 21.0 Å². The molecule has 0 aliphatic carbocycles. The van der Waals surface area contributed by atoms with Gasteiger partial charge in [0.25, 0.3) is 0 Å². The van der Waals surface area contributed by atoms with Crippen molar-refractivity contribution in [1.82, 2.24) is 20.5 Å². The summed E-state index contributed by atoms with van der Waals surface area (Å²) in [6.07, 6.45) is 1.73. The predicted molar refractivity (Wildman–Crippen MR) is 82.4 cm³/mol. The number of nitrogens with zero attached hydrogens (tertiary/aromatic N) is 3. The standard InChI is InChI=1S/C13H17N5OS/c1-8-5-11(7-15-16-13(20)14-4)10(3)18(8)12-6-9(2)19-17-12/h5-7H,1-4H3,(H2,14,16,20)/b15-7-. The topological polar surface area (TPSA) is 67.4 Å². The number of hydrogen-bond donors (Lipinski definition) is 2. The third-order valence-corrected chi connectivity index (χ3v) is 3.21. The van der Waals surface area contributed by atoms with Gasteiger partial charge >= 0.3 is 0 Å². The van der Waals surface area contributed by atoms with Crippen molar-refractivity contribution in [2.75, 3.05) is 7.05 Å². The second-order valence-corrected chi connectivity index (χ2v) is 4.82. The second kappa shape index (κ2) is 5.87. The predicted octanol–water partition coefficient (Wildman–Crippen LogP) is 1.82. The van der Waals surface area contributed by atoms with E-state index in [1.165, 1.54) is 0 Å². The molecule has 0 radical (unpaired) electrons. The Morgan fingerprint density at radius 1 is 1.40 bits per heavy atom. The first-order valence-electron chi connectivity index (χ1n) is 6.16. The van der Waals surface area contributed by atoms with E-state index in [0.29, 0.717) is 5.11 Å². The van der Waals surface area contributed by atoms with Crippen molar-refractivity contribution < 1.29 is 4.52 Å². The molecule has 0 bridgehead atoms. The monoisotopic (exact) mass is 291 g/mol. The minimum Gasteiger partial charge on any atom is -0.364 e. The number of aromatic nitrogens is 2. The molecule has 20 heavy (non-hydrogen) atoms. The fourth-order valence-corrected chi connectivity index (χ4v) is 2.00. The van der Waals surface area contributed by atoms with Gasteiger partial charge in [0.05, 0.1) is 6.21 Å². The van der Waals surface area contributed by atoms with Crippen LogP contribution < -0.4 is 10.7 Å². The van der Waals surface area contributed by atoms with Crippen molar-refractivity contribution in [3.8, 4) is 5.82 Å². The van der Waals surface area contributed by atoms with Crippen LogP contribution in [-0.4, -0.2) is 28.1 Å². The fraction of sp³-hybridized carbons (Fsp3) is 0.308. The number of thiocarbonyl (C=S) groups is 1. The van der Waals surface area contributed by atoms with E-state index in [4.69, 9.17) is 16.7 Å². The summed E-state index contributed by atoms with van der Waals surface area (Å²) in [7, 11) is 1.74. The molecule has 0 aliphatic rings. The zero-order chi connectivity index (χ0) is 14.7. The lowest BCUT2D eigenvalue weighted by Crippen LogP contribution is -2.28. The first-order valence-corrected chi connectivity index (χ1v) is 6.57. The van der Waals surface area contributed by atoms with E-state index in [1.54, 1.807) is 13.3 Å². The van der Waals surface area contributed by atoms with Crippen LogP contribution in [0.1, 0.15) is 22.7 Å². The van der Waals surface area contributed by atoms with Gasteiger partial charge in [-0.1, -0.05) is 5.16 Å². The van der Waals surface area contributed by atoms with E-state index < -0.39 is 0 Å². The van der Waals surface area contributed by atoms with Crippen LogP contribution in [0.4, 0.5) is 0 Å². The molecule has 0 atom stereocenters. The summed E-state index contributed by atoms with van der Waals surface area (Å²) >= 11 is 4.95. The van der Waals surface area contributed by atoms with Gasteiger partial charge in [-0.2, -0.15) is 5.10 Å². The number of nitrogens with one attached hydrogen (secondary N) is 2. The maximum atomic E-state index is 5.12. The van der Waals surface area contributed by atoms with Gasteiger partial charge in [-0.15, -0.1) is 0 Å². The molecule has 0 unspecified atom stereocenters. The smallest absolute Gasteiger partial charge is 0.186 e. The third kappa shape index (κ3) is 2.88. The highest BCUT2D eigenvalue weighted by Crippen LogP contribution is 2.19. The van der Waals surface area contributed by atoms with Gasteiger partial charge < -0.3 is 9.84 Å². The summed E-state index contributed by atoms with van der Waals surface area (Å²) in [5, 5.41) is 11.4. The summed E-state index contributed by atoms with van der Waals surface area (Å²) in [6.45, 7) is 5.89. The molecule has 0 saturated carbocycles. The molecule has 6 nitrogen and oxygen atoms in total. The minimum absolute atomic E-state index is 0.474. The number of aryl methyl sites for hydroxylation is 2. The highest BCUT2D eigenvalue weighted by molar-refractivity contribution is 7.80. The summed E-state index contributed by atoms with van der Waals surface area (Å²) < 4.78 is 7.15. The molecular formula is C13H17N5OS. The lowest BCUT2D eigenvalue weighted by Gasteiger charge is -2.04. The van der Waals surface area contributed by atoms with Crippen LogP contribution in [0.2, 0.25) is 0 Å². The number of hydrazone groups is 1. The molecule has 2 aromatic rings. The van der Waals surface area contributed by atoms with Gasteiger partial charge in [-0.3, -0.25) is 9.99 Å². The number of rotatable bonds is 3. The van der Waals surface area contributed by atoms with Crippen molar-refractivity contribution >= 4 is 23.5 Å². The minimum atomic E-state index is 0.474. The van der Waals surface area contributed by atoms with Crippen molar-refractivity contribution in [2.24, 2.45) is 5.10 Å². The molecule has 0 spiro atoms. The molecule has 2 aromatic heterocycles. The zero-order valence-corrected chi connectivity index (χ0v) is 12.7. The molecule has 0 aromatic carbocycles. The number of hydrogen-bond acceptors (Lipinski definition) is 4. The molecule has 2 rings (SSSR count). The van der Waals surface area contributed by atoms with Crippen LogP contribution in [0, 0.1) is 20.8 Å². The van der Waals surface area contributed by atoms with Gasteiger partial charge in [0.2, 0.25) is 0 Å². The van der Waals surface area contributed by atoms with Crippen LogP contribution in [0.5, 0.6) is 0 Å². The normalized spacial score (nSPS) is 11.0. The Morgan fingerprint density at radius 3 is 2.75 bits per heavy atom. The highest BCUT2D eigenvalue weighted by Gasteiger charge is 2.12. The molecular weight excluding hydrogens is 274 g/mol. The van der Waals surface area contributed by atoms with Gasteiger partial charge in [0, 0.05) is 30.1 Å². The average molecular weight is 291 g/mol. The Hall–Kier alpha value is -2.15. The van der Waals surface area contributed by atoms with Crippen molar-refractivity contribution in [2.45, 2.75) is 20.8 Å². The molecule has 0 amide bonds. The Labute approximate surface area is 122 Å². The first-order chi connectivity index (χ1) is 9.52. The quantitative estimate of drug-likeness (QED) is 0.513. The Balaban J connectivity index is 2.27. The van der Waals surface area contributed by atoms with Crippen molar-refractivity contribution in [3.63, 3.8) is 0 Å². The van der Waals surface area contributed by atoms with Gasteiger partial charge in [0.15, 0.2) is 10.9 Å². The third-order valence-electron chi connectivity index (χ3n) is 2.91. The van der Waals surface area contributed by atoms with Gasteiger partial charge in [-0.25, -0.2) is 0 Å². The van der Waals surface area contributed by atoms with E-state index in [1.807, 2.05) is 37.5 Å². The Kier molecular flexibility index (Phi) is 4.19. The fourth-order valence-electron chi connectivity index (χ4n) is 1.95. The van der Waals surface area contributed by atoms with Crippen LogP contribution in [0.3, 0.4) is 0 Å². The Bertz CT molecular complexity index is 656. The first kappa shape index (κ1) is 14.3. The van der Waals surface area contributed by atoms with Gasteiger partial charge in [-0.05, 0) is 39.1 Å². The molecule has 7 heteroatoms. The highest BCUT2D eigenvalue weighted by atomic mass is 32.1. The van der Waals surface area contributed by atoms with Crippen LogP contribution in [0.25, 0.3) is 5.82 Å². The van der Waals surface area contributed by atoms with Crippen molar-refractivity contribution in [3.05, 3.63) is 34.8 Å². The molecule has 0 fully saturated rings. The van der Waals surface area contributed by atoms with E-state index in [9.17, 15) is 0 Å². The summed E-state index contributed by atoms with van der Waals surface area (Å²) in [6, 6.07) is 3.93. The van der Waals surface area contributed by atoms with E-state index in [0.717, 1.165) is 28.5 Å². The van der Waals surface area contributed by atoms with E-state index in [-0.39, 0.29) is 0 Å². The van der Waals surface area contributed by atoms with E-state index >= 15 is 0 Å². The molecule has 0 aliphatic heterocycles. The lowest BCUT2D eigenvalue weighted by molar-refractivity contribution is 0.394. The largest absolute Gasteiger partial charge is 0.364 e. The van der Waals surface area contributed by atoms with Crippen LogP contribution >= 0.6 is 12.2 Å². The maximum Gasteiger partial charge on any atom is 0.186 e. The van der Waals surface area contributed by atoms with Crippen LogP contribution in [-0.2, 0) is 0 Å². The zero-order valence-electron chi connectivity index (χ0n) is 11.9. The summed E-state index contributed by atoms with van der Waals surface area (Å²) in [5.41, 5.74) is 5.82. The molecule has 2 N–H and O–H groups in total. The van der Waals surface area contributed by atoms with Crippen LogP contribution in [0.15, 0.2) is 21.8 Å². The SMILES string of the molecule is CNC(=S)N/N=C\c1cc(C)n(-c2cc(C)on2)c1C. The molecule has 0 saturated heterocycles. The lowest BCUT2D eigenvalue weighted by atomic mass is 10.3. The Morgan fingerprint density at radius 2 is 2.15 bits per heavy atom.